The summed E-state index contributed by atoms with van der Waals surface area (Å²) in [6.45, 7) is 14.2. The number of hydrogen-bond acceptors (Lipinski definition) is 6. The summed E-state index contributed by atoms with van der Waals surface area (Å²) in [5.41, 5.74) is 0. The highest BCUT2D eigenvalue weighted by Gasteiger charge is 2.48. The first kappa shape index (κ1) is 21.7. The van der Waals surface area contributed by atoms with Crippen LogP contribution in [0.15, 0.2) is 0 Å². The van der Waals surface area contributed by atoms with Crippen LogP contribution in [0.25, 0.3) is 0 Å². The maximum Gasteiger partial charge on any atom is 0.217 e. The Balaban J connectivity index is 3.02. The van der Waals surface area contributed by atoms with Crippen molar-refractivity contribution in [1.29, 1.82) is 0 Å². The van der Waals surface area contributed by atoms with Crippen molar-refractivity contribution in [3.63, 3.8) is 0 Å². The Labute approximate surface area is 147 Å². The number of amides is 1. The molecule has 0 radical (unpaired) electrons. The lowest BCUT2D eigenvalue weighted by Gasteiger charge is -2.46. The van der Waals surface area contributed by atoms with Gasteiger partial charge < -0.3 is 28.7 Å². The Kier molecular flexibility index (Phi) is 7.60. The van der Waals surface area contributed by atoms with E-state index >= 15 is 0 Å². The topological polar surface area (TPSA) is 86.3 Å². The molecule has 0 aromatic heterocycles. The van der Waals surface area contributed by atoms with Crippen LogP contribution < -0.4 is 5.32 Å². The van der Waals surface area contributed by atoms with Crippen molar-refractivity contribution in [2.45, 2.75) is 76.8 Å². The Morgan fingerprint density at radius 1 is 1.12 bits per heavy atom. The van der Waals surface area contributed by atoms with Crippen LogP contribution in [0.3, 0.4) is 0 Å². The number of rotatable bonds is 7. The molecule has 0 aliphatic carbocycles. The van der Waals surface area contributed by atoms with Crippen molar-refractivity contribution in [2.75, 3.05) is 13.7 Å². The first-order chi connectivity index (χ1) is 10.8. The van der Waals surface area contributed by atoms with E-state index in [0.29, 0.717) is 6.61 Å². The monoisotopic (exact) mass is 379 g/mol. The predicted octanol–water partition coefficient (Wildman–Crippen LogP) is 1.29. The summed E-state index contributed by atoms with van der Waals surface area (Å²) in [7, 11) is -2.10. The average Bonchev–Trinajstić information content (AvgIpc) is 2.37. The number of hydrogen-bond donors (Lipinski definition) is 2. The molecular formula is C15H33NO6Si2. The van der Waals surface area contributed by atoms with Crippen molar-refractivity contribution in [3.8, 4) is 0 Å². The molecule has 1 aliphatic heterocycles. The Morgan fingerprint density at radius 3 is 2.12 bits per heavy atom. The van der Waals surface area contributed by atoms with E-state index in [2.05, 4.69) is 44.6 Å². The third-order valence-corrected chi connectivity index (χ3v) is 5.49. The van der Waals surface area contributed by atoms with Gasteiger partial charge in [0.1, 0.15) is 18.2 Å². The Hall–Kier alpha value is -0.296. The number of methoxy groups -OCH3 is 1. The van der Waals surface area contributed by atoms with Crippen LogP contribution in [-0.4, -0.2) is 72.0 Å². The van der Waals surface area contributed by atoms with Crippen molar-refractivity contribution in [2.24, 2.45) is 0 Å². The van der Waals surface area contributed by atoms with E-state index in [1.54, 1.807) is 7.11 Å². The molecule has 24 heavy (non-hydrogen) atoms. The lowest BCUT2D eigenvalue weighted by molar-refractivity contribution is -0.254. The highest BCUT2D eigenvalue weighted by Crippen LogP contribution is 2.28. The standard InChI is InChI=1S/C15H33NO6Si2/c1-10(17)16-12-14(22-24(6,7)8)13(19-2)11(21-15(12)18)9-20-23(3,4)5/h11-15,18H,9H2,1-8H3,(H,16,17). The van der Waals surface area contributed by atoms with E-state index in [9.17, 15) is 9.90 Å². The molecule has 142 valence electrons. The third-order valence-electron chi connectivity index (χ3n) is 3.48. The summed E-state index contributed by atoms with van der Waals surface area (Å²) in [5, 5.41) is 13.1. The lowest BCUT2D eigenvalue weighted by atomic mass is 9.97. The van der Waals surface area contributed by atoms with Crippen LogP contribution in [-0.2, 0) is 23.1 Å². The van der Waals surface area contributed by atoms with Gasteiger partial charge in [-0.2, -0.15) is 0 Å². The molecule has 0 saturated carbocycles. The summed E-state index contributed by atoms with van der Waals surface area (Å²) in [6, 6.07) is -0.678. The van der Waals surface area contributed by atoms with Crippen LogP contribution in [0.4, 0.5) is 0 Å². The number of carbonyl (C=O) groups is 1. The number of ether oxygens (including phenoxy) is 2. The van der Waals surface area contributed by atoms with E-state index in [0.717, 1.165) is 0 Å². The summed E-state index contributed by atoms with van der Waals surface area (Å²) in [4.78, 5) is 11.5. The van der Waals surface area contributed by atoms with Gasteiger partial charge in [-0.05, 0) is 39.3 Å². The zero-order chi connectivity index (χ0) is 18.7. The van der Waals surface area contributed by atoms with E-state index in [4.69, 9.17) is 18.3 Å². The molecule has 1 rings (SSSR count). The molecule has 5 atom stereocenters. The maximum absolute atomic E-state index is 11.5. The van der Waals surface area contributed by atoms with Crippen molar-refractivity contribution in [1.82, 2.24) is 5.32 Å². The van der Waals surface area contributed by atoms with Crippen molar-refractivity contribution in [3.05, 3.63) is 0 Å². The van der Waals surface area contributed by atoms with Gasteiger partial charge in [-0.25, -0.2) is 0 Å². The zero-order valence-corrected chi connectivity index (χ0v) is 18.1. The van der Waals surface area contributed by atoms with Crippen LogP contribution in [0, 0.1) is 0 Å². The quantitative estimate of drug-likeness (QED) is 0.649. The number of nitrogens with one attached hydrogen (secondary N) is 1. The minimum atomic E-state index is -1.94. The second-order valence-electron chi connectivity index (χ2n) is 8.11. The summed E-state index contributed by atoms with van der Waals surface area (Å²) in [6.07, 6.45) is -2.56. The number of aliphatic hydroxyl groups is 1. The fourth-order valence-corrected chi connectivity index (χ4v) is 4.37. The molecule has 1 aliphatic rings. The minimum absolute atomic E-state index is 0.251. The van der Waals surface area contributed by atoms with Crippen LogP contribution >= 0.6 is 0 Å². The SMILES string of the molecule is COC1C(CO[Si](C)(C)C)OC(O)C(NC(C)=O)C1O[Si](C)(C)C. The van der Waals surface area contributed by atoms with Gasteiger partial charge in [0.2, 0.25) is 5.91 Å². The lowest BCUT2D eigenvalue weighted by Crippen LogP contribution is -2.67. The number of aliphatic hydroxyl groups excluding tert-OH is 1. The molecule has 7 nitrogen and oxygen atoms in total. The van der Waals surface area contributed by atoms with E-state index in [1.807, 2.05) is 0 Å². The van der Waals surface area contributed by atoms with E-state index < -0.39 is 47.3 Å². The van der Waals surface area contributed by atoms with Crippen LogP contribution in [0.5, 0.6) is 0 Å². The molecule has 0 aromatic carbocycles. The highest BCUT2D eigenvalue weighted by atomic mass is 28.4. The molecule has 5 unspecified atom stereocenters. The molecular weight excluding hydrogens is 346 g/mol. The molecule has 0 bridgehead atoms. The summed E-state index contributed by atoms with van der Waals surface area (Å²) >= 11 is 0. The van der Waals surface area contributed by atoms with Gasteiger partial charge in [-0.3, -0.25) is 4.79 Å². The Morgan fingerprint density at radius 2 is 1.71 bits per heavy atom. The van der Waals surface area contributed by atoms with Crippen molar-refractivity contribution >= 4 is 22.5 Å². The normalized spacial score (nSPS) is 31.8. The minimum Gasteiger partial charge on any atom is -0.415 e. The van der Waals surface area contributed by atoms with Gasteiger partial charge in [-0.15, -0.1) is 0 Å². The fourth-order valence-electron chi connectivity index (χ4n) is 2.61. The second kappa shape index (κ2) is 8.39. The smallest absolute Gasteiger partial charge is 0.217 e. The van der Waals surface area contributed by atoms with Gasteiger partial charge in [0.15, 0.2) is 22.9 Å². The predicted molar refractivity (Wildman–Crippen MR) is 96.8 cm³/mol. The zero-order valence-electron chi connectivity index (χ0n) is 16.1. The molecule has 1 heterocycles. The highest BCUT2D eigenvalue weighted by molar-refractivity contribution is 6.70. The maximum atomic E-state index is 11.5. The van der Waals surface area contributed by atoms with E-state index in [-0.39, 0.29) is 5.91 Å². The second-order valence-corrected chi connectivity index (χ2v) is 17.1. The molecule has 1 fully saturated rings. The molecule has 2 N–H and O–H groups in total. The van der Waals surface area contributed by atoms with Gasteiger partial charge in [0, 0.05) is 14.0 Å². The molecule has 0 aromatic rings. The summed E-state index contributed by atoms with van der Waals surface area (Å²) < 4.78 is 23.5. The van der Waals surface area contributed by atoms with Gasteiger partial charge >= 0.3 is 0 Å². The third kappa shape index (κ3) is 6.91. The van der Waals surface area contributed by atoms with Gasteiger partial charge in [-0.1, -0.05) is 0 Å². The van der Waals surface area contributed by atoms with E-state index in [1.165, 1.54) is 6.92 Å². The molecule has 1 saturated heterocycles. The summed E-state index contributed by atoms with van der Waals surface area (Å²) in [5.74, 6) is -0.251. The van der Waals surface area contributed by atoms with Crippen molar-refractivity contribution < 1.29 is 28.2 Å². The van der Waals surface area contributed by atoms with Crippen LogP contribution in [0.2, 0.25) is 39.3 Å². The molecule has 9 heteroatoms. The van der Waals surface area contributed by atoms with Gasteiger partial charge in [0.25, 0.3) is 0 Å². The number of carbonyl (C=O) groups excluding carboxylic acids is 1. The van der Waals surface area contributed by atoms with Gasteiger partial charge in [0.05, 0.1) is 12.7 Å². The largest absolute Gasteiger partial charge is 0.415 e. The molecule has 0 spiro atoms. The Bertz CT molecular complexity index is 423. The fraction of sp³-hybridized carbons (Fsp3) is 0.933. The average molecular weight is 380 g/mol. The first-order valence-electron chi connectivity index (χ1n) is 8.29. The molecule has 1 amide bonds. The first-order valence-corrected chi connectivity index (χ1v) is 15.1. The van der Waals surface area contributed by atoms with Crippen LogP contribution in [0.1, 0.15) is 6.92 Å².